The number of esters is 1. The van der Waals surface area contributed by atoms with Gasteiger partial charge in [0.25, 0.3) is 11.9 Å². The van der Waals surface area contributed by atoms with E-state index in [-0.39, 0.29) is 18.8 Å². The summed E-state index contributed by atoms with van der Waals surface area (Å²) in [6.07, 6.45) is 0. The van der Waals surface area contributed by atoms with E-state index in [2.05, 4.69) is 6.58 Å². The highest BCUT2D eigenvalue weighted by Gasteiger charge is 2.73. The molecule has 3 rings (SSSR count). The van der Waals surface area contributed by atoms with Crippen molar-refractivity contribution in [3.63, 3.8) is 0 Å². The fourth-order valence-electron chi connectivity index (χ4n) is 1.90. The molecule has 0 radical (unpaired) electrons. The van der Waals surface area contributed by atoms with E-state index in [9.17, 15) is 4.79 Å². The number of ether oxygens (including phenoxy) is 4. The highest BCUT2D eigenvalue weighted by Crippen LogP contribution is 2.55. The molecule has 0 aromatic heterocycles. The van der Waals surface area contributed by atoms with Crippen LogP contribution in [0.25, 0.3) is 0 Å². The van der Waals surface area contributed by atoms with E-state index < -0.39 is 29.6 Å². The van der Waals surface area contributed by atoms with Gasteiger partial charge in [0.2, 0.25) is 5.79 Å². The van der Waals surface area contributed by atoms with Gasteiger partial charge in [0.1, 0.15) is 12.5 Å². The number of aliphatic hydroxyl groups is 3. The number of fused-ring (bicyclic) bond motifs is 1. The minimum atomic E-state index is -3.04. The molecule has 8 nitrogen and oxygen atoms in total. The molecule has 0 aliphatic carbocycles. The second-order valence-electron chi connectivity index (χ2n) is 4.46. The average molecular weight is 276 g/mol. The van der Waals surface area contributed by atoms with Gasteiger partial charge in [0, 0.05) is 0 Å². The first-order valence-corrected chi connectivity index (χ1v) is 5.75. The van der Waals surface area contributed by atoms with Crippen molar-refractivity contribution in [2.45, 2.75) is 31.6 Å². The van der Waals surface area contributed by atoms with Crippen LogP contribution in [0.3, 0.4) is 0 Å². The molecule has 3 N–H and O–H groups in total. The molecule has 0 aromatic carbocycles. The van der Waals surface area contributed by atoms with Gasteiger partial charge >= 0.3 is 5.97 Å². The van der Waals surface area contributed by atoms with Crippen molar-refractivity contribution >= 4 is 5.97 Å². The Labute approximate surface area is 109 Å². The van der Waals surface area contributed by atoms with Crippen LogP contribution in [0.1, 0.15) is 13.8 Å². The van der Waals surface area contributed by atoms with Gasteiger partial charge < -0.3 is 24.8 Å². The molecular weight excluding hydrogens is 260 g/mol. The molecule has 1 unspecified atom stereocenters. The van der Waals surface area contributed by atoms with Crippen LogP contribution in [-0.4, -0.2) is 52.2 Å². The Kier molecular flexibility index (Phi) is 3.21. The number of rotatable bonds is 5. The van der Waals surface area contributed by atoms with Crippen LogP contribution in [0.4, 0.5) is 0 Å². The maximum atomic E-state index is 11.5. The highest BCUT2D eigenvalue weighted by molar-refractivity contribution is 5.90. The molecule has 0 amide bonds. The number of carbonyl (C=O) groups excluding carboxylic acids is 1. The third-order valence-electron chi connectivity index (χ3n) is 3.17. The van der Waals surface area contributed by atoms with E-state index >= 15 is 0 Å². The summed E-state index contributed by atoms with van der Waals surface area (Å²) in [5, 5.41) is 27.3. The van der Waals surface area contributed by atoms with E-state index in [1.165, 1.54) is 6.92 Å². The molecule has 0 aromatic rings. The van der Waals surface area contributed by atoms with Crippen LogP contribution >= 0.6 is 0 Å². The maximum Gasteiger partial charge on any atom is 0.338 e. The highest BCUT2D eigenvalue weighted by atomic mass is 17.1. The Bertz CT molecular complexity index is 403. The Morgan fingerprint density at radius 1 is 1.47 bits per heavy atom. The summed E-state index contributed by atoms with van der Waals surface area (Å²) >= 11 is 0. The Hall–Kier alpha value is -1.03. The summed E-state index contributed by atoms with van der Waals surface area (Å²) < 4.78 is 20.6. The Balaban J connectivity index is 2.08. The number of carbonyl (C=O) groups is 1. The lowest BCUT2D eigenvalue weighted by molar-refractivity contribution is -0.541. The van der Waals surface area contributed by atoms with E-state index in [1.807, 2.05) is 0 Å². The average Bonchev–Trinajstić information content (AvgIpc) is 2.82. The van der Waals surface area contributed by atoms with Crippen LogP contribution < -0.4 is 0 Å². The molecule has 3 fully saturated rings. The fourth-order valence-corrected chi connectivity index (χ4v) is 1.90. The van der Waals surface area contributed by atoms with Crippen molar-refractivity contribution in [2.75, 3.05) is 13.2 Å². The predicted molar refractivity (Wildman–Crippen MR) is 57.9 cm³/mol. The number of hydrogen-bond acceptors (Lipinski definition) is 8. The molecular formula is C11H16O8. The zero-order chi connectivity index (χ0) is 14.5. The van der Waals surface area contributed by atoms with Gasteiger partial charge in [-0.25, -0.2) is 4.79 Å². The minimum Gasteiger partial charge on any atom is -0.462 e. The lowest BCUT2D eigenvalue weighted by atomic mass is 10.0. The largest absolute Gasteiger partial charge is 0.462 e. The van der Waals surface area contributed by atoms with Crippen LogP contribution in [0, 0.1) is 5.92 Å². The quantitative estimate of drug-likeness (QED) is 0.326. The normalized spacial score (nSPS) is 34.6. The molecule has 1 atom stereocenters. The minimum absolute atomic E-state index is 0.0888. The topological polar surface area (TPSA) is 115 Å². The molecule has 19 heavy (non-hydrogen) atoms. The Morgan fingerprint density at radius 2 is 2.05 bits per heavy atom. The zero-order valence-corrected chi connectivity index (χ0v) is 10.6. The first-order valence-electron chi connectivity index (χ1n) is 5.75. The van der Waals surface area contributed by atoms with Crippen LogP contribution in [-0.2, 0) is 23.7 Å². The first kappa shape index (κ1) is 14.4. The molecule has 0 spiro atoms. The zero-order valence-electron chi connectivity index (χ0n) is 10.6. The molecule has 3 saturated heterocycles. The van der Waals surface area contributed by atoms with Gasteiger partial charge in [-0.15, -0.1) is 0 Å². The fraction of sp³-hybridized carbons (Fsp3) is 0.727. The second-order valence-corrected chi connectivity index (χ2v) is 4.46. The van der Waals surface area contributed by atoms with Crippen molar-refractivity contribution in [1.82, 2.24) is 0 Å². The van der Waals surface area contributed by atoms with Gasteiger partial charge in [0.15, 0.2) is 0 Å². The van der Waals surface area contributed by atoms with Crippen LogP contribution in [0.15, 0.2) is 12.2 Å². The summed E-state index contributed by atoms with van der Waals surface area (Å²) in [4.78, 5) is 11.5. The summed E-state index contributed by atoms with van der Waals surface area (Å²) in [5.41, 5.74) is -0.0888. The summed E-state index contributed by atoms with van der Waals surface area (Å²) in [6.45, 7) is 6.43. The van der Waals surface area contributed by atoms with E-state index in [0.717, 1.165) is 0 Å². The van der Waals surface area contributed by atoms with Crippen molar-refractivity contribution in [1.29, 1.82) is 0 Å². The van der Waals surface area contributed by atoms with Gasteiger partial charge in [-0.3, -0.25) is 9.47 Å². The van der Waals surface area contributed by atoms with Gasteiger partial charge in [-0.05, 0) is 13.8 Å². The first-order chi connectivity index (χ1) is 8.67. The summed E-state index contributed by atoms with van der Waals surface area (Å²) in [6, 6.07) is 0. The van der Waals surface area contributed by atoms with Crippen molar-refractivity contribution in [3.05, 3.63) is 12.2 Å². The molecule has 108 valence electrons. The molecule has 2 bridgehead atoms. The van der Waals surface area contributed by atoms with E-state index in [4.69, 9.17) is 34.3 Å². The van der Waals surface area contributed by atoms with Crippen LogP contribution in [0.2, 0.25) is 0 Å². The third kappa shape index (κ3) is 2.06. The van der Waals surface area contributed by atoms with Crippen LogP contribution in [0.5, 0.6) is 0 Å². The molecule has 3 heterocycles. The predicted octanol–water partition coefficient (Wildman–Crippen LogP) is -1.20. The van der Waals surface area contributed by atoms with Gasteiger partial charge in [-0.2, -0.15) is 0 Å². The molecule has 8 heteroatoms. The summed E-state index contributed by atoms with van der Waals surface area (Å²) in [5.74, 6) is -8.36. The summed E-state index contributed by atoms with van der Waals surface area (Å²) in [7, 11) is 0. The second kappa shape index (κ2) is 4.23. The van der Waals surface area contributed by atoms with Gasteiger partial charge in [-0.1, -0.05) is 6.58 Å². The van der Waals surface area contributed by atoms with E-state index in [1.54, 1.807) is 6.92 Å². The lowest BCUT2D eigenvalue weighted by Gasteiger charge is -2.48. The van der Waals surface area contributed by atoms with Crippen molar-refractivity contribution < 1.29 is 39.1 Å². The van der Waals surface area contributed by atoms with Gasteiger partial charge in [0.05, 0.1) is 12.2 Å². The third-order valence-corrected chi connectivity index (χ3v) is 3.17. The Morgan fingerprint density at radius 3 is 2.53 bits per heavy atom. The van der Waals surface area contributed by atoms with Crippen molar-refractivity contribution in [3.8, 4) is 0 Å². The smallest absolute Gasteiger partial charge is 0.338 e. The number of hydrogen-bond donors (Lipinski definition) is 3. The maximum absolute atomic E-state index is 11.5. The molecule has 3 aliphatic rings. The molecule has 0 saturated carbocycles. The van der Waals surface area contributed by atoms with Crippen molar-refractivity contribution in [2.24, 2.45) is 5.92 Å². The monoisotopic (exact) mass is 276 g/mol. The molecule has 3 aliphatic heterocycles. The SMILES string of the molecule is C=C(C(=O)OCC)C12COC(C(C)C(O)(O)O)(O1)O2. The standard InChI is InChI=1S/C11H16O8/c1-4-16-8(12)6(2)9-5-17-11(18-9,19-9)7(3)10(13,14)15/h7,13-15H,2,4-5H2,1,3H3. The van der Waals surface area contributed by atoms with E-state index in [0.29, 0.717) is 0 Å². The lowest BCUT2D eigenvalue weighted by Crippen LogP contribution is -2.64.